The highest BCUT2D eigenvalue weighted by atomic mass is 32.2. The van der Waals surface area contributed by atoms with Crippen molar-refractivity contribution in [1.82, 2.24) is 15.2 Å². The van der Waals surface area contributed by atoms with Gasteiger partial charge in [-0.05, 0) is 24.8 Å². The minimum absolute atomic E-state index is 0.300. The van der Waals surface area contributed by atoms with Crippen molar-refractivity contribution in [3.05, 3.63) is 23.9 Å². The minimum Gasteiger partial charge on any atom is -0.477 e. The highest BCUT2D eigenvalue weighted by Crippen LogP contribution is 2.26. The first-order valence-electron chi connectivity index (χ1n) is 6.10. The summed E-state index contributed by atoms with van der Waals surface area (Å²) in [4.78, 5) is 16.2. The first-order chi connectivity index (χ1) is 9.74. The lowest BCUT2D eigenvalue weighted by Crippen LogP contribution is -2.14. The van der Waals surface area contributed by atoms with Crippen molar-refractivity contribution >= 4 is 34.1 Å². The third kappa shape index (κ3) is 3.67. The Balaban J connectivity index is 2.11. The summed E-state index contributed by atoms with van der Waals surface area (Å²) in [6, 6.07) is 3.35. The van der Waals surface area contributed by atoms with Gasteiger partial charge in [-0.25, -0.2) is 4.98 Å². The molecule has 0 fully saturated rings. The summed E-state index contributed by atoms with van der Waals surface area (Å²) >= 11 is 2.93. The third-order valence-electron chi connectivity index (χ3n) is 2.19. The molecule has 2 heterocycles. The summed E-state index contributed by atoms with van der Waals surface area (Å²) in [6.07, 6.45) is 1.59. The predicted molar refractivity (Wildman–Crippen MR) is 79.7 cm³/mol. The molecule has 2 rings (SSSR count). The monoisotopic (exact) mass is 310 g/mol. The van der Waals surface area contributed by atoms with Gasteiger partial charge in [0.1, 0.15) is 5.56 Å². The largest absolute Gasteiger partial charge is 0.477 e. The number of hydrogen-bond acceptors (Lipinski definition) is 7. The van der Waals surface area contributed by atoms with E-state index in [-0.39, 0.29) is 5.91 Å². The van der Waals surface area contributed by atoms with Crippen molar-refractivity contribution < 1.29 is 9.53 Å². The van der Waals surface area contributed by atoms with Crippen LogP contribution in [0.3, 0.4) is 0 Å². The lowest BCUT2D eigenvalue weighted by Gasteiger charge is -2.07. The second-order valence-corrected chi connectivity index (χ2v) is 6.04. The number of rotatable bonds is 6. The molecule has 0 aliphatic heterocycles. The van der Waals surface area contributed by atoms with Gasteiger partial charge in [0.05, 0.1) is 6.61 Å². The Labute approximate surface area is 125 Å². The molecule has 0 saturated carbocycles. The van der Waals surface area contributed by atoms with Crippen LogP contribution in [0.1, 0.15) is 24.2 Å². The van der Waals surface area contributed by atoms with Crippen LogP contribution < -0.4 is 10.1 Å². The fourth-order valence-electron chi connectivity index (χ4n) is 1.42. The number of amides is 1. The van der Waals surface area contributed by atoms with E-state index in [0.717, 1.165) is 10.1 Å². The van der Waals surface area contributed by atoms with Gasteiger partial charge in [0.2, 0.25) is 11.0 Å². The first kappa shape index (κ1) is 14.7. The number of nitrogens with one attached hydrogen (secondary N) is 1. The molecule has 1 amide bonds. The lowest BCUT2D eigenvalue weighted by atomic mass is 10.2. The molecular weight excluding hydrogens is 296 g/mol. The summed E-state index contributed by atoms with van der Waals surface area (Å²) < 4.78 is 6.16. The Morgan fingerprint density at radius 1 is 1.45 bits per heavy atom. The summed E-state index contributed by atoms with van der Waals surface area (Å²) in [5.41, 5.74) is 0.384. The number of thioether (sulfide) groups is 1. The van der Waals surface area contributed by atoms with Crippen LogP contribution in [0, 0.1) is 0 Å². The fraction of sp³-hybridized carbons (Fsp3) is 0.333. The Hall–Kier alpha value is -1.67. The quantitative estimate of drug-likeness (QED) is 0.653. The molecular formula is C12H14N4O2S2. The average molecular weight is 310 g/mol. The second-order valence-electron chi connectivity index (χ2n) is 3.55. The van der Waals surface area contributed by atoms with E-state index >= 15 is 0 Å². The van der Waals surface area contributed by atoms with Crippen LogP contribution in [-0.4, -0.2) is 33.4 Å². The smallest absolute Gasteiger partial charge is 0.262 e. The number of ether oxygens (including phenoxy) is 1. The van der Waals surface area contributed by atoms with Gasteiger partial charge in [0, 0.05) is 6.20 Å². The number of carbonyl (C=O) groups is 1. The molecule has 0 unspecified atom stereocenters. The Kier molecular flexibility index (Phi) is 5.31. The van der Waals surface area contributed by atoms with Crippen LogP contribution in [0.2, 0.25) is 0 Å². The van der Waals surface area contributed by atoms with Crippen molar-refractivity contribution in [2.75, 3.05) is 17.7 Å². The lowest BCUT2D eigenvalue weighted by molar-refractivity contribution is 0.102. The maximum atomic E-state index is 12.2. The molecule has 20 heavy (non-hydrogen) atoms. The van der Waals surface area contributed by atoms with Crippen LogP contribution >= 0.6 is 23.1 Å². The van der Waals surface area contributed by atoms with Gasteiger partial charge < -0.3 is 4.74 Å². The molecule has 2 aromatic rings. The molecule has 0 spiro atoms. The zero-order valence-corrected chi connectivity index (χ0v) is 12.8. The van der Waals surface area contributed by atoms with E-state index in [0.29, 0.717) is 23.2 Å². The van der Waals surface area contributed by atoms with Gasteiger partial charge in [-0.3, -0.25) is 10.1 Å². The number of hydrogen-bond donors (Lipinski definition) is 1. The summed E-state index contributed by atoms with van der Waals surface area (Å²) in [5, 5.41) is 11.1. The van der Waals surface area contributed by atoms with E-state index in [4.69, 9.17) is 4.74 Å². The maximum Gasteiger partial charge on any atom is 0.262 e. The molecule has 0 atom stereocenters. The molecule has 0 aliphatic carbocycles. The summed E-state index contributed by atoms with van der Waals surface area (Å²) in [6.45, 7) is 4.33. The number of carbonyl (C=O) groups excluding carboxylic acids is 1. The Morgan fingerprint density at radius 2 is 2.30 bits per heavy atom. The van der Waals surface area contributed by atoms with Gasteiger partial charge in [-0.2, -0.15) is 0 Å². The number of aromatic nitrogens is 3. The molecule has 0 radical (unpaired) electrons. The van der Waals surface area contributed by atoms with Crippen LogP contribution in [0.15, 0.2) is 22.7 Å². The molecule has 0 aromatic carbocycles. The molecule has 6 nitrogen and oxygen atoms in total. The Bertz CT molecular complexity index is 588. The average Bonchev–Trinajstić information content (AvgIpc) is 2.87. The van der Waals surface area contributed by atoms with Gasteiger partial charge in [0.25, 0.3) is 5.91 Å². The standard InChI is InChI=1S/C12H14N4O2S2/c1-3-18-10-8(6-5-7-13-10)9(17)14-11-15-16-12(20-11)19-4-2/h5-7H,3-4H2,1-2H3,(H,14,15,17). The first-order valence-corrected chi connectivity index (χ1v) is 7.90. The summed E-state index contributed by atoms with van der Waals surface area (Å²) in [7, 11) is 0. The van der Waals surface area contributed by atoms with E-state index in [1.807, 2.05) is 13.8 Å². The van der Waals surface area contributed by atoms with Crippen LogP contribution in [0.5, 0.6) is 5.88 Å². The third-order valence-corrected chi connectivity index (χ3v) is 4.05. The number of pyridine rings is 1. The highest BCUT2D eigenvalue weighted by molar-refractivity contribution is 8.01. The highest BCUT2D eigenvalue weighted by Gasteiger charge is 2.15. The fourth-order valence-corrected chi connectivity index (χ4v) is 3.07. The van der Waals surface area contributed by atoms with Gasteiger partial charge in [0.15, 0.2) is 4.34 Å². The molecule has 8 heteroatoms. The predicted octanol–water partition coefficient (Wildman–Crippen LogP) is 2.70. The Morgan fingerprint density at radius 3 is 3.05 bits per heavy atom. The van der Waals surface area contributed by atoms with Crippen molar-refractivity contribution in [3.8, 4) is 5.88 Å². The van der Waals surface area contributed by atoms with E-state index in [1.165, 1.54) is 11.3 Å². The van der Waals surface area contributed by atoms with E-state index in [2.05, 4.69) is 20.5 Å². The normalized spacial score (nSPS) is 10.3. The zero-order valence-electron chi connectivity index (χ0n) is 11.1. The maximum absolute atomic E-state index is 12.2. The molecule has 106 valence electrons. The molecule has 0 saturated heterocycles. The molecule has 0 aliphatic rings. The van der Waals surface area contributed by atoms with E-state index in [9.17, 15) is 4.79 Å². The number of anilines is 1. The van der Waals surface area contributed by atoms with Crippen molar-refractivity contribution in [2.24, 2.45) is 0 Å². The van der Waals surface area contributed by atoms with Crippen molar-refractivity contribution in [1.29, 1.82) is 0 Å². The molecule has 1 N–H and O–H groups in total. The van der Waals surface area contributed by atoms with Gasteiger partial charge >= 0.3 is 0 Å². The van der Waals surface area contributed by atoms with Crippen molar-refractivity contribution in [2.45, 2.75) is 18.2 Å². The SMILES string of the molecule is CCOc1ncccc1C(=O)Nc1nnc(SCC)s1. The van der Waals surface area contributed by atoms with E-state index in [1.54, 1.807) is 30.1 Å². The van der Waals surface area contributed by atoms with Crippen LogP contribution in [0.4, 0.5) is 5.13 Å². The molecule has 0 bridgehead atoms. The second kappa shape index (κ2) is 7.20. The van der Waals surface area contributed by atoms with Crippen molar-refractivity contribution in [3.63, 3.8) is 0 Å². The topological polar surface area (TPSA) is 77.0 Å². The van der Waals surface area contributed by atoms with Crippen LogP contribution in [0.25, 0.3) is 0 Å². The van der Waals surface area contributed by atoms with Gasteiger partial charge in [-0.1, -0.05) is 30.0 Å². The van der Waals surface area contributed by atoms with Crippen LogP contribution in [-0.2, 0) is 0 Å². The number of nitrogens with zero attached hydrogens (tertiary/aromatic N) is 3. The van der Waals surface area contributed by atoms with Gasteiger partial charge in [-0.15, -0.1) is 10.2 Å². The molecule has 2 aromatic heterocycles. The zero-order chi connectivity index (χ0) is 14.4. The van der Waals surface area contributed by atoms with E-state index < -0.39 is 0 Å². The minimum atomic E-state index is -0.300. The summed E-state index contributed by atoms with van der Waals surface area (Å²) in [5.74, 6) is 0.936.